The first-order valence-electron chi connectivity index (χ1n) is 8.51. The summed E-state index contributed by atoms with van der Waals surface area (Å²) in [6.07, 6.45) is 1.45. The maximum absolute atomic E-state index is 12.9. The van der Waals surface area contributed by atoms with Crippen molar-refractivity contribution in [2.24, 2.45) is 0 Å². The highest BCUT2D eigenvalue weighted by atomic mass is 35.5. The quantitative estimate of drug-likeness (QED) is 0.751. The van der Waals surface area contributed by atoms with Gasteiger partial charge in [0, 0.05) is 39.3 Å². The van der Waals surface area contributed by atoms with E-state index in [4.69, 9.17) is 23.2 Å². The van der Waals surface area contributed by atoms with E-state index in [0.717, 1.165) is 12.1 Å². The Kier molecular flexibility index (Phi) is 5.94. The Morgan fingerprint density at radius 1 is 1.12 bits per heavy atom. The zero-order valence-electron chi connectivity index (χ0n) is 14.8. The average molecular weight is 417 g/mol. The molecule has 1 aliphatic rings. The van der Waals surface area contributed by atoms with Gasteiger partial charge in [0.1, 0.15) is 4.90 Å². The first-order valence-corrected chi connectivity index (χ1v) is 10.7. The first-order chi connectivity index (χ1) is 12.3. The summed E-state index contributed by atoms with van der Waals surface area (Å²) >= 11 is 12.0. The molecule has 142 valence electrons. The molecule has 2 aromatic rings. The van der Waals surface area contributed by atoms with Crippen LogP contribution in [0.5, 0.6) is 0 Å². The van der Waals surface area contributed by atoms with Crippen LogP contribution in [0.25, 0.3) is 0 Å². The lowest BCUT2D eigenvalue weighted by atomic mass is 10.2. The zero-order chi connectivity index (χ0) is 18.9. The summed E-state index contributed by atoms with van der Waals surface area (Å²) in [5, 5.41) is 5.23. The first kappa shape index (κ1) is 19.6. The SMILES string of the molecule is CCn1ncc(S(=O)(=O)N2CCN(Cc3ccc(Cl)c(Cl)c3)CC2)c1C. The fraction of sp³-hybridized carbons (Fsp3) is 0.471. The third-order valence-electron chi connectivity index (χ3n) is 4.70. The molecule has 0 atom stereocenters. The number of hydrogen-bond acceptors (Lipinski definition) is 4. The summed E-state index contributed by atoms with van der Waals surface area (Å²) in [5.74, 6) is 0. The molecule has 0 amide bonds. The molecule has 0 bridgehead atoms. The molecule has 9 heteroatoms. The van der Waals surface area contributed by atoms with E-state index in [9.17, 15) is 8.42 Å². The zero-order valence-corrected chi connectivity index (χ0v) is 17.1. The third kappa shape index (κ3) is 3.92. The highest BCUT2D eigenvalue weighted by Gasteiger charge is 2.31. The van der Waals surface area contributed by atoms with Crippen molar-refractivity contribution in [3.05, 3.63) is 45.7 Å². The van der Waals surface area contributed by atoms with Crippen molar-refractivity contribution < 1.29 is 8.42 Å². The summed E-state index contributed by atoms with van der Waals surface area (Å²) in [5.41, 5.74) is 1.75. The van der Waals surface area contributed by atoms with Gasteiger partial charge in [-0.15, -0.1) is 0 Å². The molecular weight excluding hydrogens is 395 g/mol. The lowest BCUT2D eigenvalue weighted by Crippen LogP contribution is -2.48. The van der Waals surface area contributed by atoms with Gasteiger partial charge >= 0.3 is 0 Å². The molecule has 1 fully saturated rings. The summed E-state index contributed by atoms with van der Waals surface area (Å²) in [7, 11) is -3.51. The van der Waals surface area contributed by atoms with E-state index in [-0.39, 0.29) is 0 Å². The van der Waals surface area contributed by atoms with Crippen LogP contribution < -0.4 is 0 Å². The number of sulfonamides is 1. The lowest BCUT2D eigenvalue weighted by Gasteiger charge is -2.33. The van der Waals surface area contributed by atoms with Gasteiger partial charge in [-0.3, -0.25) is 9.58 Å². The van der Waals surface area contributed by atoms with Gasteiger partial charge in [-0.25, -0.2) is 8.42 Å². The van der Waals surface area contributed by atoms with Crippen LogP contribution in [-0.2, 0) is 23.1 Å². The van der Waals surface area contributed by atoms with Gasteiger partial charge < -0.3 is 0 Å². The number of aryl methyl sites for hydroxylation is 1. The number of nitrogens with zero attached hydrogens (tertiary/aromatic N) is 4. The molecule has 1 aromatic heterocycles. The maximum atomic E-state index is 12.9. The second-order valence-electron chi connectivity index (χ2n) is 6.34. The van der Waals surface area contributed by atoms with Crippen LogP contribution in [0.2, 0.25) is 10.0 Å². The number of hydrogen-bond donors (Lipinski definition) is 0. The molecule has 0 saturated carbocycles. The minimum atomic E-state index is -3.51. The molecule has 1 saturated heterocycles. The molecular formula is C17H22Cl2N4O2S. The number of aromatic nitrogens is 2. The third-order valence-corrected chi connectivity index (χ3v) is 7.44. The molecule has 2 heterocycles. The summed E-state index contributed by atoms with van der Waals surface area (Å²) < 4.78 is 29.1. The van der Waals surface area contributed by atoms with E-state index in [1.165, 1.54) is 6.20 Å². The molecule has 1 aliphatic heterocycles. The number of halogens is 2. The van der Waals surface area contributed by atoms with Crippen LogP contribution in [0.1, 0.15) is 18.2 Å². The van der Waals surface area contributed by atoms with Crippen LogP contribution in [-0.4, -0.2) is 53.6 Å². The van der Waals surface area contributed by atoms with E-state index in [1.54, 1.807) is 22.0 Å². The summed E-state index contributed by atoms with van der Waals surface area (Å²) in [6, 6.07) is 5.59. The van der Waals surface area contributed by atoms with Gasteiger partial charge in [0.15, 0.2) is 0 Å². The van der Waals surface area contributed by atoms with Gasteiger partial charge in [0.25, 0.3) is 0 Å². The van der Waals surface area contributed by atoms with Crippen LogP contribution in [0, 0.1) is 6.92 Å². The Morgan fingerprint density at radius 3 is 2.38 bits per heavy atom. The van der Waals surface area contributed by atoms with E-state index >= 15 is 0 Å². The Morgan fingerprint density at radius 2 is 1.81 bits per heavy atom. The predicted octanol–water partition coefficient (Wildman–Crippen LogP) is 3.02. The second kappa shape index (κ2) is 7.86. The highest BCUT2D eigenvalue weighted by molar-refractivity contribution is 7.89. The molecule has 3 rings (SSSR count). The highest BCUT2D eigenvalue weighted by Crippen LogP contribution is 2.24. The van der Waals surface area contributed by atoms with Crippen molar-refractivity contribution in [1.29, 1.82) is 0 Å². The van der Waals surface area contributed by atoms with Crippen molar-refractivity contribution >= 4 is 33.2 Å². The van der Waals surface area contributed by atoms with Gasteiger partial charge in [-0.2, -0.15) is 9.40 Å². The van der Waals surface area contributed by atoms with E-state index in [2.05, 4.69) is 10.00 Å². The predicted molar refractivity (Wildman–Crippen MR) is 103 cm³/mol. The smallest absolute Gasteiger partial charge is 0.246 e. The van der Waals surface area contributed by atoms with Crippen LogP contribution >= 0.6 is 23.2 Å². The topological polar surface area (TPSA) is 58.4 Å². The molecule has 0 radical (unpaired) electrons. The van der Waals surface area contributed by atoms with E-state index in [0.29, 0.717) is 53.4 Å². The van der Waals surface area contributed by atoms with Crippen LogP contribution in [0.4, 0.5) is 0 Å². The minimum absolute atomic E-state index is 0.303. The fourth-order valence-corrected chi connectivity index (χ4v) is 5.07. The molecule has 1 aromatic carbocycles. The molecule has 26 heavy (non-hydrogen) atoms. The fourth-order valence-electron chi connectivity index (χ4n) is 3.16. The summed E-state index contributed by atoms with van der Waals surface area (Å²) in [4.78, 5) is 2.52. The van der Waals surface area contributed by atoms with Crippen molar-refractivity contribution in [3.63, 3.8) is 0 Å². The minimum Gasteiger partial charge on any atom is -0.296 e. The monoisotopic (exact) mass is 416 g/mol. The number of rotatable bonds is 5. The Bertz CT molecular complexity index is 890. The van der Waals surface area contributed by atoms with Crippen LogP contribution in [0.3, 0.4) is 0 Å². The van der Waals surface area contributed by atoms with E-state index in [1.807, 2.05) is 19.1 Å². The lowest BCUT2D eigenvalue weighted by molar-refractivity contribution is 0.181. The molecule has 0 spiro atoms. The van der Waals surface area contributed by atoms with Crippen molar-refractivity contribution in [2.45, 2.75) is 31.8 Å². The molecule has 0 N–H and O–H groups in total. The van der Waals surface area contributed by atoms with Gasteiger partial charge in [0.05, 0.1) is 21.9 Å². The standard InChI is InChI=1S/C17H22Cl2N4O2S/c1-3-23-13(2)17(11-20-23)26(24,25)22-8-6-21(7-9-22)12-14-4-5-15(18)16(19)10-14/h4-5,10-11H,3,6-9,12H2,1-2H3. The maximum Gasteiger partial charge on any atom is 0.246 e. The van der Waals surface area contributed by atoms with E-state index < -0.39 is 10.0 Å². The largest absolute Gasteiger partial charge is 0.296 e. The van der Waals surface area contributed by atoms with Crippen molar-refractivity contribution in [3.8, 4) is 0 Å². The van der Waals surface area contributed by atoms with Crippen molar-refractivity contribution in [1.82, 2.24) is 19.0 Å². The molecule has 0 unspecified atom stereocenters. The molecule has 0 aliphatic carbocycles. The number of piperazine rings is 1. The Labute approximate surface area is 164 Å². The molecule has 6 nitrogen and oxygen atoms in total. The van der Waals surface area contributed by atoms with Gasteiger partial charge in [0.2, 0.25) is 10.0 Å². The normalized spacial score (nSPS) is 16.9. The average Bonchev–Trinajstić information content (AvgIpc) is 3.00. The summed E-state index contributed by atoms with van der Waals surface area (Å²) in [6.45, 7) is 7.36. The van der Waals surface area contributed by atoms with Crippen LogP contribution in [0.15, 0.2) is 29.3 Å². The Hall–Kier alpha value is -1.12. The second-order valence-corrected chi connectivity index (χ2v) is 9.06. The Balaban J connectivity index is 1.65. The van der Waals surface area contributed by atoms with Gasteiger partial charge in [-0.05, 0) is 31.5 Å². The number of benzene rings is 1. The van der Waals surface area contributed by atoms with Crippen molar-refractivity contribution in [2.75, 3.05) is 26.2 Å². The van der Waals surface area contributed by atoms with Gasteiger partial charge in [-0.1, -0.05) is 29.3 Å².